The maximum absolute atomic E-state index is 11.2. The molecule has 0 aromatic rings. The number of hydrogen-bond donors (Lipinski definition) is 1. The zero-order chi connectivity index (χ0) is 12.6. The number of carboxylic acid groups (broad SMARTS) is 1. The number of rotatable bonds is 2. The molecule has 3 rings (SSSR count). The van der Waals surface area contributed by atoms with Crippen molar-refractivity contribution in [1.82, 2.24) is 4.90 Å². The number of nitrogens with zero attached hydrogens (tertiary/aromatic N) is 1. The lowest BCUT2D eigenvalue weighted by Gasteiger charge is -2.41. The zero-order valence-corrected chi connectivity index (χ0v) is 10.9. The van der Waals surface area contributed by atoms with Crippen LogP contribution in [0.15, 0.2) is 0 Å². The Kier molecular flexibility index (Phi) is 3.32. The average molecular weight is 253 g/mol. The van der Waals surface area contributed by atoms with Crippen LogP contribution in [0.1, 0.15) is 44.9 Å². The Hall–Kier alpha value is -0.610. The summed E-state index contributed by atoms with van der Waals surface area (Å²) in [5.74, 6) is -0.795. The number of ether oxygens (including phenoxy) is 1. The largest absolute Gasteiger partial charge is 0.481 e. The Morgan fingerprint density at radius 3 is 2.72 bits per heavy atom. The minimum atomic E-state index is -0.626. The van der Waals surface area contributed by atoms with Crippen LogP contribution in [0.2, 0.25) is 0 Å². The van der Waals surface area contributed by atoms with E-state index in [1.807, 2.05) is 0 Å². The van der Waals surface area contributed by atoms with Gasteiger partial charge < -0.3 is 9.84 Å². The number of carbonyl (C=O) groups is 1. The SMILES string of the molecule is O=C(O)C1CCCN(C2CCOC23CCCC3)C1. The maximum Gasteiger partial charge on any atom is 0.307 e. The molecule has 3 aliphatic rings. The lowest BCUT2D eigenvalue weighted by molar-refractivity contribution is -0.144. The van der Waals surface area contributed by atoms with E-state index in [9.17, 15) is 9.90 Å². The third-order valence-electron chi connectivity index (χ3n) is 5.08. The van der Waals surface area contributed by atoms with Crippen LogP contribution in [0.4, 0.5) is 0 Å². The molecular weight excluding hydrogens is 230 g/mol. The van der Waals surface area contributed by atoms with Gasteiger partial charge in [-0.2, -0.15) is 0 Å². The van der Waals surface area contributed by atoms with Crippen LogP contribution in [-0.2, 0) is 9.53 Å². The highest BCUT2D eigenvalue weighted by Gasteiger charge is 2.49. The summed E-state index contributed by atoms with van der Waals surface area (Å²) in [6, 6.07) is 0.474. The molecule has 0 aromatic carbocycles. The first kappa shape index (κ1) is 12.4. The summed E-state index contributed by atoms with van der Waals surface area (Å²) in [5, 5.41) is 9.20. The van der Waals surface area contributed by atoms with Crippen molar-refractivity contribution in [3.05, 3.63) is 0 Å². The van der Waals surface area contributed by atoms with Gasteiger partial charge in [0.25, 0.3) is 0 Å². The van der Waals surface area contributed by atoms with Crippen molar-refractivity contribution >= 4 is 5.97 Å². The molecular formula is C14H23NO3. The van der Waals surface area contributed by atoms with Crippen molar-refractivity contribution in [2.24, 2.45) is 5.92 Å². The van der Waals surface area contributed by atoms with E-state index in [4.69, 9.17) is 4.74 Å². The van der Waals surface area contributed by atoms with Gasteiger partial charge in [0, 0.05) is 19.2 Å². The Morgan fingerprint density at radius 2 is 2.00 bits per heavy atom. The average Bonchev–Trinajstić information content (AvgIpc) is 3.01. The van der Waals surface area contributed by atoms with Gasteiger partial charge in [-0.1, -0.05) is 12.8 Å². The van der Waals surface area contributed by atoms with E-state index >= 15 is 0 Å². The molecule has 0 radical (unpaired) electrons. The predicted molar refractivity (Wildman–Crippen MR) is 67.5 cm³/mol. The van der Waals surface area contributed by atoms with Crippen LogP contribution in [-0.4, -0.2) is 47.3 Å². The van der Waals surface area contributed by atoms with Crippen LogP contribution in [0.5, 0.6) is 0 Å². The first-order valence-electron chi connectivity index (χ1n) is 7.32. The number of hydrogen-bond acceptors (Lipinski definition) is 3. The van der Waals surface area contributed by atoms with Crippen LogP contribution in [0.3, 0.4) is 0 Å². The van der Waals surface area contributed by atoms with Gasteiger partial charge >= 0.3 is 5.97 Å². The summed E-state index contributed by atoms with van der Waals surface area (Å²) in [7, 11) is 0. The smallest absolute Gasteiger partial charge is 0.307 e. The highest BCUT2D eigenvalue weighted by molar-refractivity contribution is 5.70. The predicted octanol–water partition coefficient (Wildman–Crippen LogP) is 1.88. The minimum Gasteiger partial charge on any atom is -0.481 e. The number of carboxylic acids is 1. The second-order valence-electron chi connectivity index (χ2n) is 6.10. The fraction of sp³-hybridized carbons (Fsp3) is 0.929. The fourth-order valence-electron chi connectivity index (χ4n) is 4.19. The molecule has 1 saturated carbocycles. The fourth-order valence-corrected chi connectivity index (χ4v) is 4.19. The van der Waals surface area contributed by atoms with Crippen LogP contribution >= 0.6 is 0 Å². The molecule has 0 aromatic heterocycles. The Labute approximate surface area is 108 Å². The Bertz CT molecular complexity index is 319. The van der Waals surface area contributed by atoms with Crippen molar-refractivity contribution in [3.8, 4) is 0 Å². The molecule has 0 amide bonds. The molecule has 1 spiro atoms. The normalized spacial score (nSPS) is 36.2. The van der Waals surface area contributed by atoms with E-state index in [0.29, 0.717) is 6.04 Å². The van der Waals surface area contributed by atoms with Gasteiger partial charge in [0.15, 0.2) is 0 Å². The molecule has 18 heavy (non-hydrogen) atoms. The van der Waals surface area contributed by atoms with E-state index in [1.54, 1.807) is 0 Å². The molecule has 2 aliphatic heterocycles. The van der Waals surface area contributed by atoms with E-state index in [2.05, 4.69) is 4.90 Å². The minimum absolute atomic E-state index is 0.0698. The Balaban J connectivity index is 1.71. The first-order chi connectivity index (χ1) is 8.71. The lowest BCUT2D eigenvalue weighted by Crippen LogP contribution is -2.52. The monoisotopic (exact) mass is 253 g/mol. The van der Waals surface area contributed by atoms with Crippen LogP contribution in [0, 0.1) is 5.92 Å². The molecule has 4 heteroatoms. The van der Waals surface area contributed by atoms with Crippen molar-refractivity contribution in [2.75, 3.05) is 19.7 Å². The maximum atomic E-state index is 11.2. The Morgan fingerprint density at radius 1 is 1.22 bits per heavy atom. The molecule has 1 N–H and O–H groups in total. The van der Waals surface area contributed by atoms with E-state index in [0.717, 1.165) is 39.0 Å². The van der Waals surface area contributed by atoms with Crippen LogP contribution in [0.25, 0.3) is 0 Å². The number of aliphatic carboxylic acids is 1. The van der Waals surface area contributed by atoms with E-state index in [-0.39, 0.29) is 11.5 Å². The summed E-state index contributed by atoms with van der Waals surface area (Å²) in [6.07, 6.45) is 7.83. The van der Waals surface area contributed by atoms with Crippen molar-refractivity contribution in [1.29, 1.82) is 0 Å². The van der Waals surface area contributed by atoms with Crippen LogP contribution < -0.4 is 0 Å². The summed E-state index contributed by atoms with van der Waals surface area (Å²) >= 11 is 0. The van der Waals surface area contributed by atoms with Crippen molar-refractivity contribution in [3.63, 3.8) is 0 Å². The van der Waals surface area contributed by atoms with Crippen molar-refractivity contribution < 1.29 is 14.6 Å². The second kappa shape index (κ2) is 4.82. The highest BCUT2D eigenvalue weighted by atomic mass is 16.5. The molecule has 1 aliphatic carbocycles. The molecule has 3 fully saturated rings. The van der Waals surface area contributed by atoms with Gasteiger partial charge in [-0.3, -0.25) is 9.69 Å². The van der Waals surface area contributed by atoms with Gasteiger partial charge in [0.1, 0.15) is 0 Å². The van der Waals surface area contributed by atoms with Gasteiger partial charge in [0.05, 0.1) is 11.5 Å². The van der Waals surface area contributed by atoms with E-state index in [1.165, 1.54) is 25.7 Å². The molecule has 2 unspecified atom stereocenters. The molecule has 0 bridgehead atoms. The third kappa shape index (κ3) is 2.05. The van der Waals surface area contributed by atoms with Gasteiger partial charge in [-0.15, -0.1) is 0 Å². The third-order valence-corrected chi connectivity index (χ3v) is 5.08. The van der Waals surface area contributed by atoms with E-state index < -0.39 is 5.97 Å². The molecule has 4 nitrogen and oxygen atoms in total. The molecule has 102 valence electrons. The first-order valence-corrected chi connectivity index (χ1v) is 7.32. The summed E-state index contributed by atoms with van der Waals surface area (Å²) in [5.41, 5.74) is 0.0698. The molecule has 2 heterocycles. The summed E-state index contributed by atoms with van der Waals surface area (Å²) in [6.45, 7) is 2.64. The van der Waals surface area contributed by atoms with Gasteiger partial charge in [-0.05, 0) is 38.6 Å². The quantitative estimate of drug-likeness (QED) is 0.816. The van der Waals surface area contributed by atoms with Crippen molar-refractivity contribution in [2.45, 2.75) is 56.6 Å². The van der Waals surface area contributed by atoms with Gasteiger partial charge in [0.2, 0.25) is 0 Å². The highest BCUT2D eigenvalue weighted by Crippen LogP contribution is 2.44. The molecule has 2 saturated heterocycles. The standard InChI is InChI=1S/C14H23NO3/c16-13(17)11-4-3-8-15(10-11)12-5-9-18-14(12)6-1-2-7-14/h11-12H,1-10H2,(H,16,17). The molecule has 2 atom stereocenters. The summed E-state index contributed by atoms with van der Waals surface area (Å²) < 4.78 is 6.07. The zero-order valence-electron chi connectivity index (χ0n) is 10.9. The topological polar surface area (TPSA) is 49.8 Å². The number of piperidine rings is 1. The van der Waals surface area contributed by atoms with Gasteiger partial charge in [-0.25, -0.2) is 0 Å². The number of likely N-dealkylation sites (tertiary alicyclic amines) is 1. The lowest BCUT2D eigenvalue weighted by atomic mass is 9.88. The summed E-state index contributed by atoms with van der Waals surface area (Å²) in [4.78, 5) is 13.6. The second-order valence-corrected chi connectivity index (χ2v) is 6.10.